The predicted molar refractivity (Wildman–Crippen MR) is 145 cm³/mol. The molecule has 184 valence electrons. The standard InChI is InChI=1S/C28H33ClN4OS/c1-3-15-32(2)26-19-25(29)30-28(31-26)35-20-23-9-11-24(12-10-23)27(34)33-16-13-22(14-17-33)18-21-7-5-4-6-8-21/h4-12,19,22H,3,13-18,20H2,1-2H3. The molecule has 0 spiro atoms. The van der Waals surface area contributed by atoms with E-state index in [9.17, 15) is 4.79 Å². The number of halogens is 1. The maximum Gasteiger partial charge on any atom is 0.253 e. The summed E-state index contributed by atoms with van der Waals surface area (Å²) >= 11 is 7.77. The van der Waals surface area contributed by atoms with Crippen molar-refractivity contribution in [1.82, 2.24) is 14.9 Å². The number of likely N-dealkylation sites (tertiary alicyclic amines) is 1. The van der Waals surface area contributed by atoms with Crippen molar-refractivity contribution >= 4 is 35.1 Å². The van der Waals surface area contributed by atoms with E-state index >= 15 is 0 Å². The molecule has 0 unspecified atom stereocenters. The van der Waals surface area contributed by atoms with E-state index < -0.39 is 0 Å². The third-order valence-electron chi connectivity index (χ3n) is 6.45. The Morgan fingerprint density at radius 3 is 2.46 bits per heavy atom. The van der Waals surface area contributed by atoms with Crippen LogP contribution in [0.2, 0.25) is 5.15 Å². The number of anilines is 1. The van der Waals surface area contributed by atoms with Crippen LogP contribution in [0, 0.1) is 5.92 Å². The van der Waals surface area contributed by atoms with E-state index in [0.717, 1.165) is 68.0 Å². The highest BCUT2D eigenvalue weighted by atomic mass is 35.5. The van der Waals surface area contributed by atoms with Crippen LogP contribution in [0.25, 0.3) is 0 Å². The van der Waals surface area contributed by atoms with Crippen LogP contribution in [0.3, 0.4) is 0 Å². The quantitative estimate of drug-likeness (QED) is 0.191. The van der Waals surface area contributed by atoms with E-state index in [2.05, 4.69) is 52.1 Å². The molecule has 2 heterocycles. The van der Waals surface area contributed by atoms with Crippen molar-refractivity contribution in [3.05, 3.63) is 82.5 Å². The molecule has 3 aromatic rings. The third-order valence-corrected chi connectivity index (χ3v) is 7.56. The average Bonchev–Trinajstić information content (AvgIpc) is 2.88. The van der Waals surface area contributed by atoms with Gasteiger partial charge in [-0.2, -0.15) is 0 Å². The minimum atomic E-state index is 0.129. The maximum atomic E-state index is 13.0. The number of nitrogens with zero attached hydrogens (tertiary/aromatic N) is 4. The summed E-state index contributed by atoms with van der Waals surface area (Å²) in [6.07, 6.45) is 4.26. The zero-order valence-corrected chi connectivity index (χ0v) is 22.1. The Morgan fingerprint density at radius 2 is 1.77 bits per heavy atom. The molecule has 0 N–H and O–H groups in total. The van der Waals surface area contributed by atoms with Crippen molar-refractivity contribution in [2.45, 2.75) is 43.5 Å². The van der Waals surface area contributed by atoms with Gasteiger partial charge in [0, 0.05) is 44.1 Å². The predicted octanol–water partition coefficient (Wildman–Crippen LogP) is 6.36. The summed E-state index contributed by atoms with van der Waals surface area (Å²) in [6, 6.07) is 20.4. The van der Waals surface area contributed by atoms with E-state index in [1.54, 1.807) is 17.8 Å². The number of hydrogen-bond acceptors (Lipinski definition) is 5. The lowest BCUT2D eigenvalue weighted by molar-refractivity contribution is 0.0690. The lowest BCUT2D eigenvalue weighted by atomic mass is 9.90. The number of piperidine rings is 1. The fourth-order valence-corrected chi connectivity index (χ4v) is 5.49. The molecule has 5 nitrogen and oxygen atoms in total. The lowest BCUT2D eigenvalue weighted by Gasteiger charge is -2.32. The third kappa shape index (κ3) is 7.21. The van der Waals surface area contributed by atoms with Gasteiger partial charge in [-0.25, -0.2) is 9.97 Å². The van der Waals surface area contributed by atoms with Crippen LogP contribution in [-0.2, 0) is 12.2 Å². The van der Waals surface area contributed by atoms with Gasteiger partial charge in [0.25, 0.3) is 5.91 Å². The second kappa shape index (κ2) is 12.4. The summed E-state index contributed by atoms with van der Waals surface area (Å²) in [7, 11) is 2.01. The first-order chi connectivity index (χ1) is 17.0. The summed E-state index contributed by atoms with van der Waals surface area (Å²) in [6.45, 7) is 4.71. The number of rotatable bonds is 9. The Balaban J connectivity index is 1.29. The molecule has 2 aromatic carbocycles. The summed E-state index contributed by atoms with van der Waals surface area (Å²) in [5, 5.41) is 1.11. The van der Waals surface area contributed by atoms with Crippen molar-refractivity contribution < 1.29 is 4.79 Å². The number of carbonyl (C=O) groups excluding carboxylic acids is 1. The first-order valence-corrected chi connectivity index (χ1v) is 13.7. The number of carbonyl (C=O) groups is 1. The zero-order chi connectivity index (χ0) is 24.6. The van der Waals surface area contributed by atoms with Crippen LogP contribution in [0.1, 0.15) is 47.7 Å². The summed E-state index contributed by atoms with van der Waals surface area (Å²) in [5.41, 5.74) is 3.26. The topological polar surface area (TPSA) is 49.3 Å². The normalized spacial score (nSPS) is 14.2. The van der Waals surface area contributed by atoms with Crippen LogP contribution in [0.15, 0.2) is 65.8 Å². The first kappa shape index (κ1) is 25.5. The number of aromatic nitrogens is 2. The lowest BCUT2D eigenvalue weighted by Crippen LogP contribution is -2.38. The van der Waals surface area contributed by atoms with Crippen LogP contribution >= 0.6 is 23.4 Å². The molecule has 0 atom stereocenters. The molecular formula is C28H33ClN4OS. The van der Waals surface area contributed by atoms with Gasteiger partial charge in [-0.1, -0.05) is 72.8 Å². The van der Waals surface area contributed by atoms with Gasteiger partial charge in [0.05, 0.1) is 0 Å². The molecule has 1 amide bonds. The molecule has 0 bridgehead atoms. The van der Waals surface area contributed by atoms with Gasteiger partial charge in [0.15, 0.2) is 5.16 Å². The fraction of sp³-hybridized carbons (Fsp3) is 0.393. The summed E-state index contributed by atoms with van der Waals surface area (Å²) in [5.74, 6) is 2.33. The largest absolute Gasteiger partial charge is 0.360 e. The second-order valence-electron chi connectivity index (χ2n) is 9.16. The molecule has 1 saturated heterocycles. The highest BCUT2D eigenvalue weighted by Gasteiger charge is 2.23. The minimum absolute atomic E-state index is 0.129. The van der Waals surface area contributed by atoms with Gasteiger partial charge >= 0.3 is 0 Å². The Morgan fingerprint density at radius 1 is 1.06 bits per heavy atom. The molecule has 0 saturated carbocycles. The monoisotopic (exact) mass is 508 g/mol. The zero-order valence-electron chi connectivity index (χ0n) is 20.5. The van der Waals surface area contributed by atoms with Gasteiger partial charge in [-0.05, 0) is 54.9 Å². The molecule has 1 fully saturated rings. The molecule has 0 aliphatic carbocycles. The Kier molecular flexibility index (Phi) is 9.05. The molecule has 7 heteroatoms. The number of benzene rings is 2. The first-order valence-electron chi connectivity index (χ1n) is 12.3. The number of amides is 1. The number of thioether (sulfide) groups is 1. The highest BCUT2D eigenvalue weighted by molar-refractivity contribution is 7.98. The van der Waals surface area contributed by atoms with Crippen LogP contribution in [0.4, 0.5) is 5.82 Å². The number of hydrogen-bond donors (Lipinski definition) is 0. The molecule has 0 radical (unpaired) electrons. The van der Waals surface area contributed by atoms with E-state index in [1.807, 2.05) is 36.2 Å². The molecule has 1 aromatic heterocycles. The van der Waals surface area contributed by atoms with Crippen molar-refractivity contribution in [1.29, 1.82) is 0 Å². The van der Waals surface area contributed by atoms with Gasteiger partial charge in [0.2, 0.25) is 0 Å². The van der Waals surface area contributed by atoms with Crippen LogP contribution in [-0.4, -0.2) is 47.5 Å². The van der Waals surface area contributed by atoms with E-state index in [-0.39, 0.29) is 5.91 Å². The highest BCUT2D eigenvalue weighted by Crippen LogP contribution is 2.26. The smallest absolute Gasteiger partial charge is 0.253 e. The molecule has 35 heavy (non-hydrogen) atoms. The molecular weight excluding hydrogens is 476 g/mol. The fourth-order valence-electron chi connectivity index (χ4n) is 4.46. The van der Waals surface area contributed by atoms with Gasteiger partial charge in [-0.3, -0.25) is 4.79 Å². The molecule has 1 aliphatic rings. The Labute approximate surface area is 217 Å². The minimum Gasteiger partial charge on any atom is -0.360 e. The SMILES string of the molecule is CCCN(C)c1cc(Cl)nc(SCc2ccc(C(=O)N3CCC(Cc4ccccc4)CC3)cc2)n1. The Hall–Kier alpha value is -2.57. The van der Waals surface area contributed by atoms with Gasteiger partial charge in [0.1, 0.15) is 11.0 Å². The molecule has 1 aliphatic heterocycles. The van der Waals surface area contributed by atoms with Crippen molar-refractivity contribution in [3.63, 3.8) is 0 Å². The van der Waals surface area contributed by atoms with E-state index in [0.29, 0.717) is 16.2 Å². The van der Waals surface area contributed by atoms with Gasteiger partial charge < -0.3 is 9.80 Å². The van der Waals surface area contributed by atoms with E-state index in [1.165, 1.54) is 5.56 Å². The van der Waals surface area contributed by atoms with E-state index in [4.69, 9.17) is 11.6 Å². The van der Waals surface area contributed by atoms with Crippen molar-refractivity contribution in [2.24, 2.45) is 5.92 Å². The second-order valence-corrected chi connectivity index (χ2v) is 10.5. The van der Waals surface area contributed by atoms with Crippen molar-refractivity contribution in [3.8, 4) is 0 Å². The average molecular weight is 509 g/mol. The summed E-state index contributed by atoms with van der Waals surface area (Å²) in [4.78, 5) is 26.1. The van der Waals surface area contributed by atoms with Crippen LogP contribution < -0.4 is 4.90 Å². The summed E-state index contributed by atoms with van der Waals surface area (Å²) < 4.78 is 0. The van der Waals surface area contributed by atoms with Crippen LogP contribution in [0.5, 0.6) is 0 Å². The molecule has 4 rings (SSSR count). The maximum absolute atomic E-state index is 13.0. The van der Waals surface area contributed by atoms with Crippen molar-refractivity contribution in [2.75, 3.05) is 31.6 Å². The van der Waals surface area contributed by atoms with Gasteiger partial charge in [-0.15, -0.1) is 0 Å². The Bertz CT molecular complexity index is 1100.